The van der Waals surface area contributed by atoms with Crippen LogP contribution in [0.15, 0.2) is 48.8 Å². The highest BCUT2D eigenvalue weighted by molar-refractivity contribution is 6.30. The van der Waals surface area contributed by atoms with Crippen molar-refractivity contribution in [2.45, 2.75) is 12.8 Å². The molecule has 0 radical (unpaired) electrons. The van der Waals surface area contributed by atoms with E-state index in [4.69, 9.17) is 16.3 Å². The number of aryl methyl sites for hydroxylation is 1. The summed E-state index contributed by atoms with van der Waals surface area (Å²) >= 11 is 5.78. The van der Waals surface area contributed by atoms with Gasteiger partial charge in [0.25, 0.3) is 0 Å². The zero-order valence-corrected chi connectivity index (χ0v) is 12.3. The number of hydrogen-bond acceptors (Lipinski definition) is 3. The van der Waals surface area contributed by atoms with Crippen LogP contribution in [0, 0.1) is 0 Å². The van der Waals surface area contributed by atoms with E-state index in [0.717, 1.165) is 11.3 Å². The van der Waals surface area contributed by atoms with E-state index in [0.29, 0.717) is 31.0 Å². The minimum absolute atomic E-state index is 0.0126. The largest absolute Gasteiger partial charge is 0.492 e. The van der Waals surface area contributed by atoms with Gasteiger partial charge in [-0.05, 0) is 42.3 Å². The highest BCUT2D eigenvalue weighted by atomic mass is 35.5. The van der Waals surface area contributed by atoms with Crippen molar-refractivity contribution in [3.63, 3.8) is 0 Å². The third-order valence-electron chi connectivity index (χ3n) is 2.87. The van der Waals surface area contributed by atoms with Crippen LogP contribution in [0.25, 0.3) is 0 Å². The Morgan fingerprint density at radius 1 is 1.24 bits per heavy atom. The van der Waals surface area contributed by atoms with E-state index in [-0.39, 0.29) is 5.91 Å². The molecular formula is C16H17ClN2O2. The Labute approximate surface area is 129 Å². The van der Waals surface area contributed by atoms with Crippen molar-refractivity contribution in [3.8, 4) is 5.75 Å². The minimum atomic E-state index is 0.0126. The van der Waals surface area contributed by atoms with Crippen LogP contribution >= 0.6 is 11.6 Å². The highest BCUT2D eigenvalue weighted by Crippen LogP contribution is 2.15. The van der Waals surface area contributed by atoms with Crippen LogP contribution in [0.5, 0.6) is 5.75 Å². The lowest BCUT2D eigenvalue weighted by Gasteiger charge is -2.08. The standard InChI is InChI=1S/C16H17ClN2O2/c17-14-4-6-15(7-5-14)21-11-10-19-16(20)8-3-13-2-1-9-18-12-13/h1-2,4-7,9,12H,3,8,10-11H2,(H,19,20). The highest BCUT2D eigenvalue weighted by Gasteiger charge is 2.02. The van der Waals surface area contributed by atoms with Crippen LogP contribution in [0.1, 0.15) is 12.0 Å². The number of halogens is 1. The molecule has 0 spiro atoms. The third kappa shape index (κ3) is 5.83. The predicted molar refractivity (Wildman–Crippen MR) is 82.5 cm³/mol. The van der Waals surface area contributed by atoms with Gasteiger partial charge in [0.05, 0.1) is 6.54 Å². The van der Waals surface area contributed by atoms with Crippen LogP contribution in [-0.4, -0.2) is 24.0 Å². The van der Waals surface area contributed by atoms with Gasteiger partial charge in [0, 0.05) is 23.8 Å². The first kappa shape index (κ1) is 15.3. The molecule has 0 bridgehead atoms. The van der Waals surface area contributed by atoms with E-state index in [2.05, 4.69) is 10.3 Å². The first-order valence-electron chi connectivity index (χ1n) is 6.78. The molecule has 2 aromatic rings. The first-order valence-corrected chi connectivity index (χ1v) is 7.16. The lowest BCUT2D eigenvalue weighted by molar-refractivity contribution is -0.121. The van der Waals surface area contributed by atoms with E-state index >= 15 is 0 Å². The molecule has 1 N–H and O–H groups in total. The van der Waals surface area contributed by atoms with Gasteiger partial charge in [0.15, 0.2) is 0 Å². The minimum Gasteiger partial charge on any atom is -0.492 e. The number of nitrogens with one attached hydrogen (secondary N) is 1. The summed E-state index contributed by atoms with van der Waals surface area (Å²) in [7, 11) is 0. The molecule has 1 heterocycles. The van der Waals surface area contributed by atoms with E-state index in [9.17, 15) is 4.79 Å². The Bertz CT molecular complexity index is 558. The monoisotopic (exact) mass is 304 g/mol. The van der Waals surface area contributed by atoms with E-state index in [1.165, 1.54) is 0 Å². The van der Waals surface area contributed by atoms with Gasteiger partial charge >= 0.3 is 0 Å². The second kappa shape index (κ2) is 8.27. The molecule has 0 saturated carbocycles. The molecule has 5 heteroatoms. The Hall–Kier alpha value is -2.07. The zero-order valence-electron chi connectivity index (χ0n) is 11.6. The number of amides is 1. The molecule has 4 nitrogen and oxygen atoms in total. The lowest BCUT2D eigenvalue weighted by Crippen LogP contribution is -2.28. The normalized spacial score (nSPS) is 10.1. The Morgan fingerprint density at radius 2 is 2.05 bits per heavy atom. The Kier molecular flexibility index (Phi) is 6.03. The molecule has 0 saturated heterocycles. The van der Waals surface area contributed by atoms with Crippen LogP contribution in [0.4, 0.5) is 0 Å². The van der Waals surface area contributed by atoms with Crippen LogP contribution in [-0.2, 0) is 11.2 Å². The van der Waals surface area contributed by atoms with Gasteiger partial charge in [0.2, 0.25) is 5.91 Å². The average Bonchev–Trinajstić information content (AvgIpc) is 2.52. The van der Waals surface area contributed by atoms with Crippen molar-refractivity contribution in [1.29, 1.82) is 0 Å². The summed E-state index contributed by atoms with van der Waals surface area (Å²) in [6, 6.07) is 11.0. The quantitative estimate of drug-likeness (QED) is 0.800. The first-order chi connectivity index (χ1) is 10.2. The molecule has 1 amide bonds. The number of carbonyl (C=O) groups is 1. The average molecular weight is 305 g/mol. The molecule has 1 aromatic carbocycles. The van der Waals surface area contributed by atoms with Gasteiger partial charge in [-0.15, -0.1) is 0 Å². The van der Waals surface area contributed by atoms with Crippen molar-refractivity contribution in [3.05, 3.63) is 59.4 Å². The fourth-order valence-electron chi connectivity index (χ4n) is 1.78. The van der Waals surface area contributed by atoms with Crippen LogP contribution in [0.2, 0.25) is 5.02 Å². The van der Waals surface area contributed by atoms with Crippen molar-refractivity contribution < 1.29 is 9.53 Å². The molecule has 0 unspecified atom stereocenters. The van der Waals surface area contributed by atoms with E-state index < -0.39 is 0 Å². The third-order valence-corrected chi connectivity index (χ3v) is 3.12. The van der Waals surface area contributed by atoms with Gasteiger partial charge in [-0.2, -0.15) is 0 Å². The molecule has 0 aliphatic carbocycles. The summed E-state index contributed by atoms with van der Waals surface area (Å²) < 4.78 is 5.49. The maximum atomic E-state index is 11.7. The molecular weight excluding hydrogens is 288 g/mol. The number of ether oxygens (including phenoxy) is 1. The van der Waals surface area contributed by atoms with Crippen molar-refractivity contribution >= 4 is 17.5 Å². The van der Waals surface area contributed by atoms with E-state index in [1.807, 2.05) is 12.1 Å². The molecule has 0 aliphatic rings. The summed E-state index contributed by atoms with van der Waals surface area (Å²) in [5, 5.41) is 3.50. The number of rotatable bonds is 7. The second-order valence-corrected chi connectivity index (χ2v) is 4.95. The molecule has 0 fully saturated rings. The zero-order chi connectivity index (χ0) is 14.9. The fraction of sp³-hybridized carbons (Fsp3) is 0.250. The van der Waals surface area contributed by atoms with Gasteiger partial charge < -0.3 is 10.1 Å². The Morgan fingerprint density at radius 3 is 2.76 bits per heavy atom. The molecule has 0 atom stereocenters. The Balaban J connectivity index is 1.60. The SMILES string of the molecule is O=C(CCc1cccnc1)NCCOc1ccc(Cl)cc1. The van der Waals surface area contributed by atoms with Crippen LogP contribution in [0.3, 0.4) is 0 Å². The second-order valence-electron chi connectivity index (χ2n) is 4.51. The lowest BCUT2D eigenvalue weighted by atomic mass is 10.1. The summed E-state index contributed by atoms with van der Waals surface area (Å²) in [6.45, 7) is 0.911. The predicted octanol–water partition coefficient (Wildman–Crippen LogP) is 2.86. The molecule has 21 heavy (non-hydrogen) atoms. The number of pyridine rings is 1. The maximum Gasteiger partial charge on any atom is 0.220 e. The number of aromatic nitrogens is 1. The smallest absolute Gasteiger partial charge is 0.220 e. The summed E-state index contributed by atoms with van der Waals surface area (Å²) in [6.07, 6.45) is 4.64. The summed E-state index contributed by atoms with van der Waals surface area (Å²) in [4.78, 5) is 15.7. The van der Waals surface area contributed by atoms with E-state index in [1.54, 1.807) is 36.7 Å². The number of carbonyl (C=O) groups excluding carboxylic acids is 1. The molecule has 110 valence electrons. The number of nitrogens with zero attached hydrogens (tertiary/aromatic N) is 1. The fourth-order valence-corrected chi connectivity index (χ4v) is 1.91. The van der Waals surface area contributed by atoms with Crippen LogP contribution < -0.4 is 10.1 Å². The van der Waals surface area contributed by atoms with Gasteiger partial charge in [-0.1, -0.05) is 17.7 Å². The van der Waals surface area contributed by atoms with Crippen molar-refractivity contribution in [2.24, 2.45) is 0 Å². The molecule has 0 aliphatic heterocycles. The summed E-state index contributed by atoms with van der Waals surface area (Å²) in [5.74, 6) is 0.752. The van der Waals surface area contributed by atoms with Crippen molar-refractivity contribution in [1.82, 2.24) is 10.3 Å². The topological polar surface area (TPSA) is 51.2 Å². The van der Waals surface area contributed by atoms with Gasteiger partial charge in [0.1, 0.15) is 12.4 Å². The number of hydrogen-bond donors (Lipinski definition) is 1. The van der Waals surface area contributed by atoms with Crippen molar-refractivity contribution in [2.75, 3.05) is 13.2 Å². The maximum absolute atomic E-state index is 11.7. The van der Waals surface area contributed by atoms with Gasteiger partial charge in [-0.25, -0.2) is 0 Å². The molecule has 1 aromatic heterocycles. The molecule has 2 rings (SSSR count). The summed E-state index contributed by atoms with van der Waals surface area (Å²) in [5.41, 5.74) is 1.06. The van der Waals surface area contributed by atoms with Gasteiger partial charge in [-0.3, -0.25) is 9.78 Å². The number of benzene rings is 1.